The van der Waals surface area contributed by atoms with Gasteiger partial charge in [-0.25, -0.2) is 0 Å². The fourth-order valence-corrected chi connectivity index (χ4v) is 3.07. The standard InChI is InChI=1S/C12H15BrN6O/c1-17-10(7-11(13)15-17)12(20)19-5-2-3-9(19)8-18-6-4-14-16-18/h4,6-7,9H,2-3,5,8H2,1H3/t9-/m0/s1. The van der Waals surface area contributed by atoms with Gasteiger partial charge in [-0.3, -0.25) is 14.2 Å². The Balaban J connectivity index is 1.78. The third-order valence-corrected chi connectivity index (χ3v) is 3.96. The summed E-state index contributed by atoms with van der Waals surface area (Å²) in [5, 5.41) is 11.9. The summed E-state index contributed by atoms with van der Waals surface area (Å²) in [6.07, 6.45) is 5.48. The highest BCUT2D eigenvalue weighted by molar-refractivity contribution is 9.10. The van der Waals surface area contributed by atoms with Crippen molar-refractivity contribution in [1.29, 1.82) is 0 Å². The second-order valence-corrected chi connectivity index (χ2v) is 5.71. The molecule has 1 fully saturated rings. The molecule has 106 valence electrons. The van der Waals surface area contributed by atoms with Gasteiger partial charge in [-0.2, -0.15) is 5.10 Å². The van der Waals surface area contributed by atoms with Crippen molar-refractivity contribution < 1.29 is 4.79 Å². The molecular formula is C12H15BrN6O. The predicted molar refractivity (Wildman–Crippen MR) is 75.0 cm³/mol. The molecule has 1 atom stereocenters. The maximum absolute atomic E-state index is 12.6. The van der Waals surface area contributed by atoms with Gasteiger partial charge in [-0.15, -0.1) is 5.10 Å². The van der Waals surface area contributed by atoms with E-state index in [0.717, 1.165) is 19.4 Å². The zero-order chi connectivity index (χ0) is 14.1. The van der Waals surface area contributed by atoms with Gasteiger partial charge in [-0.05, 0) is 28.8 Å². The molecule has 0 saturated carbocycles. The third-order valence-electron chi connectivity index (χ3n) is 3.58. The van der Waals surface area contributed by atoms with Crippen LogP contribution in [0.4, 0.5) is 0 Å². The first-order valence-electron chi connectivity index (χ1n) is 6.50. The van der Waals surface area contributed by atoms with Crippen LogP contribution < -0.4 is 0 Å². The number of hydrogen-bond donors (Lipinski definition) is 0. The molecule has 0 N–H and O–H groups in total. The van der Waals surface area contributed by atoms with Gasteiger partial charge >= 0.3 is 0 Å². The molecule has 3 heterocycles. The average molecular weight is 339 g/mol. The molecule has 2 aromatic heterocycles. The Bertz CT molecular complexity index is 608. The second-order valence-electron chi connectivity index (χ2n) is 4.90. The molecule has 1 aliphatic rings. The van der Waals surface area contributed by atoms with Gasteiger partial charge in [0.05, 0.1) is 18.8 Å². The van der Waals surface area contributed by atoms with E-state index in [-0.39, 0.29) is 11.9 Å². The number of aryl methyl sites for hydroxylation is 1. The van der Waals surface area contributed by atoms with Crippen LogP contribution >= 0.6 is 15.9 Å². The van der Waals surface area contributed by atoms with Gasteiger partial charge in [0.2, 0.25) is 0 Å². The summed E-state index contributed by atoms with van der Waals surface area (Å²) in [7, 11) is 1.78. The minimum Gasteiger partial charge on any atom is -0.332 e. The van der Waals surface area contributed by atoms with E-state index < -0.39 is 0 Å². The van der Waals surface area contributed by atoms with Crippen LogP contribution in [0.25, 0.3) is 0 Å². The van der Waals surface area contributed by atoms with E-state index in [2.05, 4.69) is 31.3 Å². The summed E-state index contributed by atoms with van der Waals surface area (Å²) in [5.41, 5.74) is 0.599. The number of amides is 1. The van der Waals surface area contributed by atoms with Crippen LogP contribution in [-0.4, -0.2) is 48.2 Å². The highest BCUT2D eigenvalue weighted by Crippen LogP contribution is 2.22. The zero-order valence-corrected chi connectivity index (χ0v) is 12.7. The van der Waals surface area contributed by atoms with Crippen LogP contribution in [0, 0.1) is 0 Å². The Morgan fingerprint density at radius 1 is 1.55 bits per heavy atom. The lowest BCUT2D eigenvalue weighted by Gasteiger charge is -2.24. The quantitative estimate of drug-likeness (QED) is 0.839. The first-order valence-corrected chi connectivity index (χ1v) is 7.29. The summed E-state index contributed by atoms with van der Waals surface area (Å²) in [6, 6.07) is 1.92. The van der Waals surface area contributed by atoms with Crippen LogP contribution in [0.1, 0.15) is 23.3 Å². The predicted octanol–water partition coefficient (Wildman–Crippen LogP) is 1.08. The van der Waals surface area contributed by atoms with E-state index in [4.69, 9.17) is 0 Å². The van der Waals surface area contributed by atoms with Crippen LogP contribution in [-0.2, 0) is 13.6 Å². The minimum absolute atomic E-state index is 0.0216. The van der Waals surface area contributed by atoms with Crippen LogP contribution in [0.5, 0.6) is 0 Å². The SMILES string of the molecule is Cn1nc(Br)cc1C(=O)N1CCC[C@H]1Cn1ccnn1. The van der Waals surface area contributed by atoms with Crippen molar-refractivity contribution in [3.8, 4) is 0 Å². The number of rotatable bonds is 3. The summed E-state index contributed by atoms with van der Waals surface area (Å²) in [6.45, 7) is 1.46. The van der Waals surface area contributed by atoms with Crippen molar-refractivity contribution in [3.05, 3.63) is 28.8 Å². The number of hydrogen-bond acceptors (Lipinski definition) is 4. The monoisotopic (exact) mass is 338 g/mol. The highest BCUT2D eigenvalue weighted by atomic mass is 79.9. The lowest BCUT2D eigenvalue weighted by molar-refractivity contribution is 0.0710. The Labute approximate surface area is 124 Å². The van der Waals surface area contributed by atoms with Gasteiger partial charge in [0.1, 0.15) is 10.3 Å². The molecule has 0 bridgehead atoms. The van der Waals surface area contributed by atoms with Gasteiger partial charge < -0.3 is 4.90 Å². The molecule has 1 aliphatic heterocycles. The molecule has 0 aromatic carbocycles. The molecule has 1 saturated heterocycles. The molecule has 2 aromatic rings. The maximum atomic E-state index is 12.6. The van der Waals surface area contributed by atoms with Gasteiger partial charge in [-0.1, -0.05) is 5.21 Å². The average Bonchev–Trinajstić information content (AvgIpc) is 3.11. The van der Waals surface area contributed by atoms with E-state index in [0.29, 0.717) is 16.8 Å². The van der Waals surface area contributed by atoms with Gasteiger partial charge in [0.25, 0.3) is 5.91 Å². The normalized spacial score (nSPS) is 18.7. The van der Waals surface area contributed by atoms with Gasteiger partial charge in [0, 0.05) is 25.9 Å². The number of aromatic nitrogens is 5. The smallest absolute Gasteiger partial charge is 0.272 e. The molecular weight excluding hydrogens is 324 g/mol. The number of likely N-dealkylation sites (tertiary alicyclic amines) is 1. The van der Waals surface area contributed by atoms with Crippen molar-refractivity contribution in [3.63, 3.8) is 0 Å². The molecule has 8 heteroatoms. The highest BCUT2D eigenvalue weighted by Gasteiger charge is 2.31. The number of nitrogens with zero attached hydrogens (tertiary/aromatic N) is 6. The first kappa shape index (κ1) is 13.3. The molecule has 0 unspecified atom stereocenters. The minimum atomic E-state index is 0.0216. The summed E-state index contributed by atoms with van der Waals surface area (Å²) < 4.78 is 4.06. The molecule has 0 radical (unpaired) electrons. The fourth-order valence-electron chi connectivity index (χ4n) is 2.62. The first-order chi connectivity index (χ1) is 9.65. The lowest BCUT2D eigenvalue weighted by Crippen LogP contribution is -2.39. The Morgan fingerprint density at radius 2 is 2.40 bits per heavy atom. The number of carbonyl (C=O) groups is 1. The Kier molecular flexibility index (Phi) is 3.56. The largest absolute Gasteiger partial charge is 0.332 e. The molecule has 7 nitrogen and oxygen atoms in total. The van der Waals surface area contributed by atoms with E-state index >= 15 is 0 Å². The van der Waals surface area contributed by atoms with Gasteiger partial charge in [0.15, 0.2) is 0 Å². The summed E-state index contributed by atoms with van der Waals surface area (Å²) >= 11 is 3.30. The number of halogens is 1. The molecule has 20 heavy (non-hydrogen) atoms. The van der Waals surface area contributed by atoms with Crippen molar-refractivity contribution in [2.45, 2.75) is 25.4 Å². The molecule has 0 spiro atoms. The summed E-state index contributed by atoms with van der Waals surface area (Å²) in [4.78, 5) is 14.5. The lowest BCUT2D eigenvalue weighted by atomic mass is 10.2. The molecule has 1 amide bonds. The fraction of sp³-hybridized carbons (Fsp3) is 0.500. The third kappa shape index (κ3) is 2.47. The van der Waals surface area contributed by atoms with Crippen molar-refractivity contribution in [2.24, 2.45) is 7.05 Å². The van der Waals surface area contributed by atoms with Crippen LogP contribution in [0.15, 0.2) is 23.1 Å². The molecule has 0 aliphatic carbocycles. The Morgan fingerprint density at radius 3 is 3.05 bits per heavy atom. The maximum Gasteiger partial charge on any atom is 0.272 e. The van der Waals surface area contributed by atoms with Crippen LogP contribution in [0.2, 0.25) is 0 Å². The summed E-state index contributed by atoms with van der Waals surface area (Å²) in [5.74, 6) is 0.0216. The molecule has 3 rings (SSSR count). The van der Waals surface area contributed by atoms with E-state index in [1.165, 1.54) is 0 Å². The Hall–Kier alpha value is -1.70. The number of carbonyl (C=O) groups excluding carboxylic acids is 1. The topological polar surface area (TPSA) is 68.8 Å². The second kappa shape index (κ2) is 5.35. The van der Waals surface area contributed by atoms with E-state index in [1.54, 1.807) is 28.7 Å². The van der Waals surface area contributed by atoms with Crippen molar-refractivity contribution >= 4 is 21.8 Å². The zero-order valence-electron chi connectivity index (χ0n) is 11.1. The van der Waals surface area contributed by atoms with Crippen molar-refractivity contribution in [2.75, 3.05) is 6.54 Å². The van der Waals surface area contributed by atoms with Crippen molar-refractivity contribution in [1.82, 2.24) is 29.7 Å². The van der Waals surface area contributed by atoms with E-state index in [1.807, 2.05) is 11.1 Å². The van der Waals surface area contributed by atoms with E-state index in [9.17, 15) is 4.79 Å². The van der Waals surface area contributed by atoms with Crippen LogP contribution in [0.3, 0.4) is 0 Å².